The van der Waals surface area contributed by atoms with Crippen molar-refractivity contribution in [3.8, 4) is 0 Å². The lowest BCUT2D eigenvalue weighted by Crippen LogP contribution is -2.18. The van der Waals surface area contributed by atoms with Crippen LogP contribution >= 0.6 is 11.6 Å². The van der Waals surface area contributed by atoms with Gasteiger partial charge in [-0.25, -0.2) is 4.79 Å². The molecule has 0 aliphatic heterocycles. The summed E-state index contributed by atoms with van der Waals surface area (Å²) in [6, 6.07) is 15.4. The first-order valence-electron chi connectivity index (χ1n) is 9.65. The maximum absolute atomic E-state index is 12.8. The van der Waals surface area contributed by atoms with Crippen molar-refractivity contribution in [3.63, 3.8) is 0 Å². The second-order valence-corrected chi connectivity index (χ2v) is 8.06. The smallest absolute Gasteiger partial charge is 0.355 e. The highest BCUT2D eigenvalue weighted by atomic mass is 35.5. The molecule has 1 aliphatic rings. The average molecular weight is 408 g/mol. The van der Waals surface area contributed by atoms with Gasteiger partial charge in [0.1, 0.15) is 12.3 Å². The van der Waals surface area contributed by atoms with Crippen molar-refractivity contribution in [2.75, 3.05) is 0 Å². The number of rotatable bonds is 4. The van der Waals surface area contributed by atoms with E-state index >= 15 is 0 Å². The highest BCUT2D eigenvalue weighted by Crippen LogP contribution is 2.35. The molecule has 0 unspecified atom stereocenters. The Balaban J connectivity index is 1.53. The molecule has 4 nitrogen and oxygen atoms in total. The van der Waals surface area contributed by atoms with Crippen LogP contribution in [0.5, 0.6) is 0 Å². The van der Waals surface area contributed by atoms with Gasteiger partial charge in [0.05, 0.1) is 0 Å². The summed E-state index contributed by atoms with van der Waals surface area (Å²) in [6.07, 6.45) is 1.10. The van der Waals surface area contributed by atoms with Gasteiger partial charge in [-0.05, 0) is 55.0 Å². The van der Waals surface area contributed by atoms with Crippen LogP contribution in [0.2, 0.25) is 5.02 Å². The number of halogens is 1. The summed E-state index contributed by atoms with van der Waals surface area (Å²) in [7, 11) is 0. The third-order valence-electron chi connectivity index (χ3n) is 5.52. The summed E-state index contributed by atoms with van der Waals surface area (Å²) in [6.45, 7) is 4.01. The van der Waals surface area contributed by atoms with E-state index in [1.165, 1.54) is 0 Å². The number of ketones is 1. The molecule has 0 fully saturated rings. The fourth-order valence-electron chi connectivity index (χ4n) is 3.91. The fourth-order valence-corrected chi connectivity index (χ4v) is 4.04. The molecule has 0 bridgehead atoms. The molecule has 0 amide bonds. The number of nitrogens with one attached hydrogen (secondary N) is 1. The zero-order valence-electron chi connectivity index (χ0n) is 16.4. The molecule has 2 aromatic carbocycles. The molecule has 1 aliphatic carbocycles. The number of hydrogen-bond acceptors (Lipinski definition) is 3. The van der Waals surface area contributed by atoms with Gasteiger partial charge in [-0.15, -0.1) is 0 Å². The Hall–Kier alpha value is -2.85. The molecule has 29 heavy (non-hydrogen) atoms. The number of esters is 1. The van der Waals surface area contributed by atoms with E-state index in [-0.39, 0.29) is 18.3 Å². The number of fused-ring (bicyclic) bond motifs is 1. The minimum absolute atomic E-state index is 0.0533. The summed E-state index contributed by atoms with van der Waals surface area (Å²) in [5.74, 6) is -0.312. The number of H-pyrrole nitrogens is 1. The first kappa shape index (κ1) is 19.5. The maximum atomic E-state index is 12.8. The molecule has 1 N–H and O–H groups in total. The molecular formula is C24H22ClNO3. The lowest BCUT2D eigenvalue weighted by Gasteiger charge is -2.22. The van der Waals surface area contributed by atoms with Gasteiger partial charge in [0.25, 0.3) is 0 Å². The van der Waals surface area contributed by atoms with E-state index in [1.807, 2.05) is 55.5 Å². The third-order valence-corrected chi connectivity index (χ3v) is 5.78. The predicted molar refractivity (Wildman–Crippen MR) is 113 cm³/mol. The van der Waals surface area contributed by atoms with E-state index in [0.717, 1.165) is 22.4 Å². The first-order valence-corrected chi connectivity index (χ1v) is 10.0. The molecule has 0 saturated carbocycles. The lowest BCUT2D eigenvalue weighted by atomic mass is 9.81. The first-order chi connectivity index (χ1) is 13.9. The zero-order valence-corrected chi connectivity index (χ0v) is 17.2. The van der Waals surface area contributed by atoms with Crippen molar-refractivity contribution in [1.82, 2.24) is 4.98 Å². The van der Waals surface area contributed by atoms with Crippen molar-refractivity contribution < 1.29 is 14.3 Å². The molecule has 4 rings (SSSR count). The van der Waals surface area contributed by atoms with Gasteiger partial charge < -0.3 is 9.72 Å². The van der Waals surface area contributed by atoms with Crippen LogP contribution < -0.4 is 0 Å². The van der Waals surface area contributed by atoms with Crippen LogP contribution in [0.1, 0.15) is 61.1 Å². The number of aryl methyl sites for hydroxylation is 1. The lowest BCUT2D eigenvalue weighted by molar-refractivity contribution is 0.0465. The van der Waals surface area contributed by atoms with E-state index < -0.39 is 5.97 Å². The van der Waals surface area contributed by atoms with Gasteiger partial charge in [-0.2, -0.15) is 0 Å². The monoisotopic (exact) mass is 407 g/mol. The maximum Gasteiger partial charge on any atom is 0.355 e. The largest absolute Gasteiger partial charge is 0.456 e. The van der Waals surface area contributed by atoms with E-state index in [0.29, 0.717) is 34.7 Å². The third kappa shape index (κ3) is 3.99. The number of hydrogen-bond donors (Lipinski definition) is 1. The highest BCUT2D eigenvalue weighted by molar-refractivity contribution is 6.30. The fraction of sp³-hybridized carbons (Fsp3) is 0.250. The minimum Gasteiger partial charge on any atom is -0.456 e. The molecular weight excluding hydrogens is 386 g/mol. The van der Waals surface area contributed by atoms with Crippen LogP contribution in [0, 0.1) is 13.8 Å². The standard InChI is InChI=1S/C24H22ClNO3/c1-14-3-5-16(6-4-14)13-29-24(28)23-15(2)22-20(26-23)11-18(12-21(22)27)17-7-9-19(25)10-8-17/h3-10,18,26H,11-13H2,1-2H3/t18-/m1/s1. The number of carbonyl (C=O) groups is 2. The number of benzene rings is 2. The van der Waals surface area contributed by atoms with Crippen LogP contribution in [0.3, 0.4) is 0 Å². The summed E-state index contributed by atoms with van der Waals surface area (Å²) < 4.78 is 5.48. The van der Waals surface area contributed by atoms with Crippen molar-refractivity contribution in [3.05, 3.63) is 92.8 Å². The topological polar surface area (TPSA) is 59.2 Å². The van der Waals surface area contributed by atoms with E-state index in [9.17, 15) is 9.59 Å². The van der Waals surface area contributed by atoms with Gasteiger partial charge >= 0.3 is 5.97 Å². The normalized spacial score (nSPS) is 15.8. The molecule has 148 valence electrons. The number of ether oxygens (including phenoxy) is 1. The summed E-state index contributed by atoms with van der Waals surface area (Å²) in [5, 5.41) is 0.672. The Bertz CT molecular complexity index is 1060. The summed E-state index contributed by atoms with van der Waals surface area (Å²) >= 11 is 5.98. The Morgan fingerprint density at radius 3 is 2.45 bits per heavy atom. The average Bonchev–Trinajstić information content (AvgIpc) is 3.05. The number of carbonyl (C=O) groups excluding carboxylic acids is 2. The summed E-state index contributed by atoms with van der Waals surface area (Å²) in [5.41, 5.74) is 5.64. The van der Waals surface area contributed by atoms with Gasteiger partial charge in [0.2, 0.25) is 0 Å². The molecule has 1 atom stereocenters. The Labute approximate surface area is 174 Å². The predicted octanol–water partition coefficient (Wildman–Crippen LogP) is 5.55. The molecule has 5 heteroatoms. The van der Waals surface area contributed by atoms with Gasteiger partial charge in [-0.3, -0.25) is 4.79 Å². The number of aromatic nitrogens is 1. The Morgan fingerprint density at radius 2 is 1.76 bits per heavy atom. The highest BCUT2D eigenvalue weighted by Gasteiger charge is 2.32. The number of Topliss-reactive ketones (excluding diaryl/α,β-unsaturated/α-hetero) is 1. The van der Waals surface area contributed by atoms with Crippen molar-refractivity contribution in [2.24, 2.45) is 0 Å². The molecule has 3 aromatic rings. The van der Waals surface area contributed by atoms with E-state index in [4.69, 9.17) is 16.3 Å². The zero-order chi connectivity index (χ0) is 20.5. The SMILES string of the molecule is Cc1ccc(COC(=O)c2[nH]c3c(c2C)C(=O)C[C@H](c2ccc(Cl)cc2)C3)cc1. The second kappa shape index (κ2) is 7.88. The molecule has 0 spiro atoms. The van der Waals surface area contributed by atoms with Crippen molar-refractivity contribution in [1.29, 1.82) is 0 Å². The van der Waals surface area contributed by atoms with Crippen molar-refractivity contribution in [2.45, 2.75) is 39.2 Å². The molecule has 1 heterocycles. The quantitative estimate of drug-likeness (QED) is 0.576. The van der Waals surface area contributed by atoms with Crippen molar-refractivity contribution >= 4 is 23.4 Å². The molecule has 0 saturated heterocycles. The Kier molecular flexibility index (Phi) is 5.29. The Morgan fingerprint density at radius 1 is 1.07 bits per heavy atom. The number of aromatic amines is 1. The van der Waals surface area contributed by atoms with Gasteiger partial charge in [0.15, 0.2) is 5.78 Å². The van der Waals surface area contributed by atoms with Gasteiger partial charge in [-0.1, -0.05) is 53.6 Å². The molecule has 0 radical (unpaired) electrons. The van der Waals surface area contributed by atoms with Crippen LogP contribution in [0.4, 0.5) is 0 Å². The minimum atomic E-state index is -0.437. The van der Waals surface area contributed by atoms with Crippen LogP contribution in [0.25, 0.3) is 0 Å². The molecule has 1 aromatic heterocycles. The van der Waals surface area contributed by atoms with Gasteiger partial charge in [0, 0.05) is 22.7 Å². The van der Waals surface area contributed by atoms with E-state index in [1.54, 1.807) is 6.92 Å². The van der Waals surface area contributed by atoms with Crippen LogP contribution in [-0.2, 0) is 17.8 Å². The van der Waals surface area contributed by atoms with Crippen LogP contribution in [0.15, 0.2) is 48.5 Å². The van der Waals surface area contributed by atoms with E-state index in [2.05, 4.69) is 4.98 Å². The summed E-state index contributed by atoms with van der Waals surface area (Å²) in [4.78, 5) is 28.6. The van der Waals surface area contributed by atoms with Crippen LogP contribution in [-0.4, -0.2) is 16.7 Å². The second-order valence-electron chi connectivity index (χ2n) is 7.62.